The van der Waals surface area contributed by atoms with Gasteiger partial charge in [-0.15, -0.1) is 0 Å². The van der Waals surface area contributed by atoms with Crippen molar-refractivity contribution < 1.29 is 27.2 Å². The molecule has 2 atom stereocenters. The molecule has 1 aliphatic heterocycles. The summed E-state index contributed by atoms with van der Waals surface area (Å²) in [6.45, 7) is 0.0233. The lowest BCUT2D eigenvalue weighted by Gasteiger charge is -2.18. The standard InChI is InChI=1S/C18H14F4N2O2/c19-13-6-1-2-7-14(13)24-17(26)15-12(9-23-16(15)25)10-4-3-5-11(8-10)18(20,21)22/h1-8,12,15H,9H2,(H,23,25)(H,24,26). The van der Waals surface area contributed by atoms with E-state index in [1.165, 1.54) is 30.3 Å². The van der Waals surface area contributed by atoms with Crippen LogP contribution in [0.25, 0.3) is 0 Å². The molecule has 1 fully saturated rings. The van der Waals surface area contributed by atoms with Crippen molar-refractivity contribution in [2.45, 2.75) is 12.1 Å². The van der Waals surface area contributed by atoms with E-state index in [0.717, 1.165) is 18.2 Å². The number of benzene rings is 2. The number of nitrogens with one attached hydrogen (secondary N) is 2. The largest absolute Gasteiger partial charge is 0.416 e. The van der Waals surface area contributed by atoms with Gasteiger partial charge in [-0.3, -0.25) is 9.59 Å². The van der Waals surface area contributed by atoms with Crippen LogP contribution in [0.2, 0.25) is 0 Å². The molecule has 0 spiro atoms. The quantitative estimate of drug-likeness (QED) is 0.647. The predicted octanol–water partition coefficient (Wildman–Crippen LogP) is 3.31. The molecule has 0 aliphatic carbocycles. The molecule has 1 saturated heterocycles. The molecule has 0 bridgehead atoms. The molecule has 2 aromatic rings. The molecular weight excluding hydrogens is 352 g/mol. The molecule has 3 rings (SSSR count). The van der Waals surface area contributed by atoms with Crippen LogP contribution in [0.15, 0.2) is 48.5 Å². The molecule has 8 heteroatoms. The summed E-state index contributed by atoms with van der Waals surface area (Å²) >= 11 is 0. The first-order valence-electron chi connectivity index (χ1n) is 7.77. The van der Waals surface area contributed by atoms with Crippen molar-refractivity contribution in [3.63, 3.8) is 0 Å². The lowest BCUT2D eigenvalue weighted by Crippen LogP contribution is -2.32. The Bertz CT molecular complexity index is 851. The second-order valence-corrected chi connectivity index (χ2v) is 5.92. The van der Waals surface area contributed by atoms with Crippen molar-refractivity contribution in [2.75, 3.05) is 11.9 Å². The van der Waals surface area contributed by atoms with E-state index in [-0.39, 0.29) is 17.8 Å². The number of alkyl halides is 3. The summed E-state index contributed by atoms with van der Waals surface area (Å²) in [5.74, 6) is -4.08. The summed E-state index contributed by atoms with van der Waals surface area (Å²) in [6.07, 6.45) is -4.53. The van der Waals surface area contributed by atoms with Gasteiger partial charge in [0.1, 0.15) is 11.7 Å². The molecule has 0 radical (unpaired) electrons. The van der Waals surface area contributed by atoms with Gasteiger partial charge in [0.15, 0.2) is 0 Å². The van der Waals surface area contributed by atoms with Gasteiger partial charge in [-0.1, -0.05) is 30.3 Å². The fourth-order valence-corrected chi connectivity index (χ4v) is 2.95. The summed E-state index contributed by atoms with van der Waals surface area (Å²) < 4.78 is 52.4. The summed E-state index contributed by atoms with van der Waals surface area (Å²) in [6, 6.07) is 9.94. The van der Waals surface area contributed by atoms with Gasteiger partial charge in [-0.25, -0.2) is 4.39 Å². The normalized spacial score (nSPS) is 19.9. The fourth-order valence-electron chi connectivity index (χ4n) is 2.95. The molecule has 136 valence electrons. The Morgan fingerprint density at radius 2 is 1.85 bits per heavy atom. The number of carbonyl (C=O) groups is 2. The minimum Gasteiger partial charge on any atom is -0.355 e. The van der Waals surface area contributed by atoms with Crippen LogP contribution in [-0.2, 0) is 15.8 Å². The zero-order chi connectivity index (χ0) is 18.9. The van der Waals surface area contributed by atoms with Gasteiger partial charge < -0.3 is 10.6 Å². The molecule has 4 nitrogen and oxygen atoms in total. The van der Waals surface area contributed by atoms with E-state index in [4.69, 9.17) is 0 Å². The van der Waals surface area contributed by atoms with Crippen LogP contribution in [0.5, 0.6) is 0 Å². The van der Waals surface area contributed by atoms with Crippen molar-refractivity contribution in [1.82, 2.24) is 5.32 Å². The molecule has 1 aliphatic rings. The molecule has 0 aromatic heterocycles. The Balaban J connectivity index is 1.87. The minimum atomic E-state index is -4.53. The number of anilines is 1. The third kappa shape index (κ3) is 3.54. The van der Waals surface area contributed by atoms with Crippen LogP contribution < -0.4 is 10.6 Å². The predicted molar refractivity (Wildman–Crippen MR) is 85.7 cm³/mol. The van der Waals surface area contributed by atoms with Crippen LogP contribution in [0.1, 0.15) is 17.0 Å². The van der Waals surface area contributed by atoms with Crippen LogP contribution in [-0.4, -0.2) is 18.4 Å². The topological polar surface area (TPSA) is 58.2 Å². The lowest BCUT2D eigenvalue weighted by atomic mass is 9.87. The Morgan fingerprint density at radius 1 is 1.12 bits per heavy atom. The van der Waals surface area contributed by atoms with E-state index in [9.17, 15) is 27.2 Å². The number of hydrogen-bond acceptors (Lipinski definition) is 2. The molecular formula is C18H14F4N2O2. The molecule has 2 unspecified atom stereocenters. The number of rotatable bonds is 3. The number of halogens is 4. The maximum Gasteiger partial charge on any atom is 0.416 e. The van der Waals surface area contributed by atoms with E-state index < -0.39 is 41.2 Å². The molecule has 2 N–H and O–H groups in total. The summed E-state index contributed by atoms with van der Waals surface area (Å²) in [7, 11) is 0. The Kier molecular flexibility index (Phi) is 4.67. The van der Waals surface area contributed by atoms with Crippen molar-refractivity contribution in [2.24, 2.45) is 5.92 Å². The first-order chi connectivity index (χ1) is 12.3. The van der Waals surface area contributed by atoms with Crippen LogP contribution >= 0.6 is 0 Å². The maximum atomic E-state index is 13.7. The number of carbonyl (C=O) groups excluding carboxylic acids is 2. The molecule has 2 amide bonds. The average Bonchev–Trinajstić information content (AvgIpc) is 2.98. The van der Waals surface area contributed by atoms with Crippen LogP contribution in [0, 0.1) is 11.7 Å². The second kappa shape index (κ2) is 6.78. The second-order valence-electron chi connectivity index (χ2n) is 5.92. The SMILES string of the molecule is O=C1NCC(c2cccc(C(F)(F)F)c2)C1C(=O)Nc1ccccc1F. The van der Waals surface area contributed by atoms with Gasteiger partial charge in [0.05, 0.1) is 11.3 Å². The van der Waals surface area contributed by atoms with Gasteiger partial charge in [0.25, 0.3) is 0 Å². The van der Waals surface area contributed by atoms with E-state index in [1.54, 1.807) is 0 Å². The molecule has 0 saturated carbocycles. The van der Waals surface area contributed by atoms with Gasteiger partial charge in [0.2, 0.25) is 11.8 Å². The minimum absolute atomic E-state index is 0.0233. The monoisotopic (exact) mass is 366 g/mol. The fraction of sp³-hybridized carbons (Fsp3) is 0.222. The first-order valence-corrected chi connectivity index (χ1v) is 7.77. The highest BCUT2D eigenvalue weighted by Crippen LogP contribution is 2.35. The maximum absolute atomic E-state index is 13.7. The third-order valence-corrected chi connectivity index (χ3v) is 4.24. The van der Waals surface area contributed by atoms with Gasteiger partial charge in [0, 0.05) is 12.5 Å². The lowest BCUT2D eigenvalue weighted by molar-refractivity contribution is -0.137. The smallest absolute Gasteiger partial charge is 0.355 e. The zero-order valence-electron chi connectivity index (χ0n) is 13.3. The number of amides is 2. The van der Waals surface area contributed by atoms with Crippen LogP contribution in [0.4, 0.5) is 23.2 Å². The summed E-state index contributed by atoms with van der Waals surface area (Å²) in [5, 5.41) is 4.81. The van der Waals surface area contributed by atoms with Gasteiger partial charge in [-0.05, 0) is 23.8 Å². The van der Waals surface area contributed by atoms with Crippen molar-refractivity contribution in [3.8, 4) is 0 Å². The highest BCUT2D eigenvalue weighted by Gasteiger charge is 2.42. The zero-order valence-corrected chi connectivity index (χ0v) is 13.3. The van der Waals surface area contributed by atoms with Crippen molar-refractivity contribution in [3.05, 3.63) is 65.5 Å². The Labute approximate surface area is 146 Å². The average molecular weight is 366 g/mol. The van der Waals surface area contributed by atoms with E-state index in [2.05, 4.69) is 10.6 Å². The van der Waals surface area contributed by atoms with Crippen molar-refractivity contribution in [1.29, 1.82) is 0 Å². The van der Waals surface area contributed by atoms with Gasteiger partial charge >= 0.3 is 6.18 Å². The Morgan fingerprint density at radius 3 is 2.54 bits per heavy atom. The molecule has 1 heterocycles. The summed E-state index contributed by atoms with van der Waals surface area (Å²) in [5.41, 5.74) is -0.741. The third-order valence-electron chi connectivity index (χ3n) is 4.24. The van der Waals surface area contributed by atoms with Crippen LogP contribution in [0.3, 0.4) is 0 Å². The number of para-hydroxylation sites is 1. The highest BCUT2D eigenvalue weighted by atomic mass is 19.4. The number of hydrogen-bond donors (Lipinski definition) is 2. The van der Waals surface area contributed by atoms with E-state index >= 15 is 0 Å². The molecule has 2 aromatic carbocycles. The van der Waals surface area contributed by atoms with E-state index in [1.807, 2.05) is 0 Å². The molecule has 26 heavy (non-hydrogen) atoms. The first kappa shape index (κ1) is 17.9. The summed E-state index contributed by atoms with van der Waals surface area (Å²) in [4.78, 5) is 24.6. The van der Waals surface area contributed by atoms with E-state index in [0.29, 0.717) is 0 Å². The van der Waals surface area contributed by atoms with Gasteiger partial charge in [-0.2, -0.15) is 13.2 Å². The Hall–Kier alpha value is -2.90. The highest BCUT2D eigenvalue weighted by molar-refractivity contribution is 6.08. The van der Waals surface area contributed by atoms with Crippen molar-refractivity contribution >= 4 is 17.5 Å².